The van der Waals surface area contributed by atoms with Crippen LogP contribution in [0.2, 0.25) is 0 Å². The molecule has 12 heteroatoms. The fourth-order valence-corrected chi connectivity index (χ4v) is 9.37. The van der Waals surface area contributed by atoms with Crippen molar-refractivity contribution in [2.24, 2.45) is 0 Å². The SMILES string of the molecule is CCCCC/C=C\C/C=C\C/C=C\CCCCCCCCC(=O)OC(COC(=O)CCCCCCCCC/C=C\CCCCCCCC)COP(=O)(O)OCC(CO)OC(=O)CCCCCCC/C=C\CCCCCC. The molecule has 0 aromatic heterocycles. The molecule has 442 valence electrons. The Balaban J connectivity index is 4.74. The highest BCUT2D eigenvalue weighted by atomic mass is 31.2. The molecule has 0 aliphatic carbocycles. The van der Waals surface area contributed by atoms with Crippen LogP contribution in [0.25, 0.3) is 0 Å². The molecule has 0 aliphatic heterocycles. The number of carbonyl (C=O) groups is 3. The molecule has 0 radical (unpaired) electrons. The first-order valence-corrected chi connectivity index (χ1v) is 32.7. The third kappa shape index (κ3) is 55.9. The maximum atomic E-state index is 12.9. The predicted octanol–water partition coefficient (Wildman–Crippen LogP) is 18.7. The summed E-state index contributed by atoms with van der Waals surface area (Å²) in [6.45, 7) is 4.60. The van der Waals surface area contributed by atoms with Crippen molar-refractivity contribution in [3.8, 4) is 0 Å². The van der Waals surface area contributed by atoms with E-state index in [0.717, 1.165) is 116 Å². The van der Waals surface area contributed by atoms with E-state index in [1.54, 1.807) is 0 Å². The summed E-state index contributed by atoms with van der Waals surface area (Å²) < 4.78 is 39.6. The van der Waals surface area contributed by atoms with Crippen molar-refractivity contribution >= 4 is 25.7 Å². The molecule has 0 aromatic rings. The maximum Gasteiger partial charge on any atom is 0.472 e. The van der Waals surface area contributed by atoms with Crippen LogP contribution in [0.1, 0.15) is 290 Å². The summed E-state index contributed by atoms with van der Waals surface area (Å²) in [5.74, 6) is -1.48. The molecule has 76 heavy (non-hydrogen) atoms. The molecule has 0 saturated carbocycles. The minimum absolute atomic E-state index is 0.152. The van der Waals surface area contributed by atoms with Crippen LogP contribution in [0.15, 0.2) is 60.8 Å². The van der Waals surface area contributed by atoms with E-state index < -0.39 is 57.8 Å². The number of carbonyl (C=O) groups excluding carboxylic acids is 3. The van der Waals surface area contributed by atoms with E-state index in [1.165, 1.54) is 116 Å². The Morgan fingerprint density at radius 1 is 0.368 bits per heavy atom. The number of ether oxygens (including phenoxy) is 3. The molecule has 2 N–H and O–H groups in total. The molecule has 0 fully saturated rings. The third-order valence-corrected chi connectivity index (χ3v) is 14.3. The van der Waals surface area contributed by atoms with Gasteiger partial charge in [0, 0.05) is 19.3 Å². The molecule has 3 atom stereocenters. The molecule has 0 aliphatic rings. The van der Waals surface area contributed by atoms with Crippen molar-refractivity contribution < 1.29 is 52.2 Å². The fraction of sp³-hybridized carbons (Fsp3) is 0.797. The average molecular weight is 1090 g/mol. The molecule has 11 nitrogen and oxygen atoms in total. The van der Waals surface area contributed by atoms with Gasteiger partial charge in [-0.3, -0.25) is 23.4 Å². The van der Waals surface area contributed by atoms with E-state index in [-0.39, 0.29) is 25.9 Å². The Hall–Kier alpha value is -2.82. The van der Waals surface area contributed by atoms with E-state index in [0.29, 0.717) is 19.3 Å². The van der Waals surface area contributed by atoms with Gasteiger partial charge in [0.1, 0.15) is 12.7 Å². The Bertz CT molecular complexity index is 1510. The van der Waals surface area contributed by atoms with Gasteiger partial charge >= 0.3 is 25.7 Å². The summed E-state index contributed by atoms with van der Waals surface area (Å²) in [5.41, 5.74) is 0. The van der Waals surface area contributed by atoms with Gasteiger partial charge in [-0.15, -0.1) is 0 Å². The number of phosphoric acid groups is 1. The minimum Gasteiger partial charge on any atom is -0.462 e. The van der Waals surface area contributed by atoms with Gasteiger partial charge in [-0.1, -0.05) is 223 Å². The fourth-order valence-electron chi connectivity index (χ4n) is 8.59. The first-order chi connectivity index (χ1) is 37.2. The van der Waals surface area contributed by atoms with Crippen LogP contribution < -0.4 is 0 Å². The Morgan fingerprint density at radius 3 is 1.04 bits per heavy atom. The largest absolute Gasteiger partial charge is 0.472 e. The number of hydrogen-bond acceptors (Lipinski definition) is 10. The second kappa shape index (κ2) is 58.3. The number of hydrogen-bond donors (Lipinski definition) is 2. The molecule has 0 amide bonds. The van der Waals surface area contributed by atoms with Crippen LogP contribution in [0.3, 0.4) is 0 Å². The lowest BCUT2D eigenvalue weighted by atomic mass is 10.1. The maximum absolute atomic E-state index is 12.9. The average Bonchev–Trinajstić information content (AvgIpc) is 3.41. The molecule has 0 spiro atoms. The van der Waals surface area contributed by atoms with Crippen LogP contribution in [0.5, 0.6) is 0 Å². The zero-order chi connectivity index (χ0) is 55.5. The molecule has 0 bridgehead atoms. The lowest BCUT2D eigenvalue weighted by molar-refractivity contribution is -0.161. The summed E-state index contributed by atoms with van der Waals surface area (Å²) in [5, 5.41) is 9.82. The Morgan fingerprint density at radius 2 is 0.645 bits per heavy atom. The van der Waals surface area contributed by atoms with Gasteiger partial charge in [-0.2, -0.15) is 0 Å². The molecule has 0 aromatic carbocycles. The van der Waals surface area contributed by atoms with Crippen molar-refractivity contribution in [1.29, 1.82) is 0 Å². The van der Waals surface area contributed by atoms with Crippen LogP contribution in [0.4, 0.5) is 0 Å². The first-order valence-electron chi connectivity index (χ1n) is 31.2. The monoisotopic (exact) mass is 1090 g/mol. The van der Waals surface area contributed by atoms with Crippen molar-refractivity contribution in [3.63, 3.8) is 0 Å². The quantitative estimate of drug-likeness (QED) is 0.0197. The lowest BCUT2D eigenvalue weighted by Gasteiger charge is -2.21. The second-order valence-electron chi connectivity index (χ2n) is 20.9. The summed E-state index contributed by atoms with van der Waals surface area (Å²) in [6, 6.07) is 0. The highest BCUT2D eigenvalue weighted by Crippen LogP contribution is 2.43. The number of rotatable bonds is 58. The minimum atomic E-state index is -4.76. The Kier molecular flexibility index (Phi) is 56.2. The van der Waals surface area contributed by atoms with Gasteiger partial charge in [0.2, 0.25) is 0 Å². The van der Waals surface area contributed by atoms with Crippen LogP contribution >= 0.6 is 7.82 Å². The van der Waals surface area contributed by atoms with Gasteiger partial charge in [0.05, 0.1) is 19.8 Å². The predicted molar refractivity (Wildman–Crippen MR) is 316 cm³/mol. The number of aliphatic hydroxyl groups is 1. The van der Waals surface area contributed by atoms with E-state index >= 15 is 0 Å². The van der Waals surface area contributed by atoms with Crippen LogP contribution in [0, 0.1) is 0 Å². The van der Waals surface area contributed by atoms with Crippen molar-refractivity contribution in [2.75, 3.05) is 26.4 Å². The molecule has 0 heterocycles. The lowest BCUT2D eigenvalue weighted by Crippen LogP contribution is -2.30. The molecular formula is C64H115O11P. The van der Waals surface area contributed by atoms with E-state index in [1.807, 2.05) is 0 Å². The van der Waals surface area contributed by atoms with Gasteiger partial charge in [-0.25, -0.2) is 4.57 Å². The summed E-state index contributed by atoms with van der Waals surface area (Å²) in [7, 11) is -4.76. The molecule has 3 unspecified atom stereocenters. The number of esters is 3. The van der Waals surface area contributed by atoms with Crippen molar-refractivity contribution in [3.05, 3.63) is 60.8 Å². The summed E-state index contributed by atoms with van der Waals surface area (Å²) in [4.78, 5) is 48.7. The number of unbranched alkanes of at least 4 members (excludes halogenated alkanes) is 31. The number of aliphatic hydroxyl groups excluding tert-OH is 1. The van der Waals surface area contributed by atoms with E-state index in [9.17, 15) is 28.9 Å². The highest BCUT2D eigenvalue weighted by Gasteiger charge is 2.28. The summed E-state index contributed by atoms with van der Waals surface area (Å²) in [6.07, 6.45) is 64.5. The van der Waals surface area contributed by atoms with Crippen LogP contribution in [-0.2, 0) is 42.2 Å². The first kappa shape index (κ1) is 73.2. The Labute approximate surface area is 465 Å². The van der Waals surface area contributed by atoms with Gasteiger partial charge in [0.25, 0.3) is 0 Å². The number of allylic oxidation sites excluding steroid dienone is 10. The van der Waals surface area contributed by atoms with E-state index in [2.05, 4.69) is 81.5 Å². The van der Waals surface area contributed by atoms with Crippen molar-refractivity contribution in [2.45, 2.75) is 303 Å². The van der Waals surface area contributed by atoms with Gasteiger partial charge in [-0.05, 0) is 109 Å². The highest BCUT2D eigenvalue weighted by molar-refractivity contribution is 7.47. The zero-order valence-electron chi connectivity index (χ0n) is 49.0. The molecule has 0 saturated heterocycles. The van der Waals surface area contributed by atoms with E-state index in [4.69, 9.17) is 23.3 Å². The topological polar surface area (TPSA) is 155 Å². The van der Waals surface area contributed by atoms with Crippen molar-refractivity contribution in [1.82, 2.24) is 0 Å². The molecular weight excluding hydrogens is 976 g/mol. The number of phosphoric ester groups is 1. The van der Waals surface area contributed by atoms with Gasteiger partial charge in [0.15, 0.2) is 6.10 Å². The van der Waals surface area contributed by atoms with Gasteiger partial charge < -0.3 is 24.2 Å². The smallest absolute Gasteiger partial charge is 0.462 e. The summed E-state index contributed by atoms with van der Waals surface area (Å²) >= 11 is 0. The third-order valence-electron chi connectivity index (χ3n) is 13.4. The molecule has 0 rings (SSSR count). The van der Waals surface area contributed by atoms with Crippen LogP contribution in [-0.4, -0.2) is 66.5 Å². The zero-order valence-corrected chi connectivity index (χ0v) is 49.9. The normalized spacial score (nSPS) is 13.7. The second-order valence-corrected chi connectivity index (χ2v) is 22.3. The standard InChI is InChI=1S/C64H115O11P/c1-4-7-10-13-16-19-22-25-27-29-30-32-34-37-40-43-46-49-52-55-64(68)75-61(57-71-62(66)53-50-47-44-41-38-36-33-31-28-26-23-20-17-14-11-8-5-2)59-73-76(69,70)72-58-60(56-65)74-63(67)54-51-48-45-42-39-35-24-21-18-15-12-9-6-3/h16,19,21,24-28,30,32,60-61,65H,4-15,17-18,20,22-23,29,31,33-59H2,1-3H3,(H,69,70)/b19-16-,24-21-,27-25-,28-26-,32-30-.